The Hall–Kier alpha value is -6.29. The summed E-state index contributed by atoms with van der Waals surface area (Å²) in [7, 11) is 2.98. The lowest BCUT2D eigenvalue weighted by Gasteiger charge is -2.15. The number of unbranched alkanes of at least 4 members (excludes halogenated alkanes) is 2. The van der Waals surface area contributed by atoms with Gasteiger partial charge in [-0.3, -0.25) is 14.6 Å². The van der Waals surface area contributed by atoms with E-state index in [9.17, 15) is 9.59 Å². The van der Waals surface area contributed by atoms with Gasteiger partial charge in [-0.2, -0.15) is 0 Å². The second kappa shape index (κ2) is 18.2. The number of carbonyl (C=O) groups is 2. The number of aliphatic imine (C=N–C) groups is 1. The maximum absolute atomic E-state index is 15.3. The number of methoxy groups -OCH3 is 2. The van der Waals surface area contributed by atoms with E-state index in [0.717, 1.165) is 17.5 Å². The number of halogens is 2. The Morgan fingerprint density at radius 3 is 2.58 bits per heavy atom. The van der Waals surface area contributed by atoms with Crippen LogP contribution in [-0.2, 0) is 11.3 Å². The van der Waals surface area contributed by atoms with E-state index in [-0.39, 0.29) is 30.5 Å². The number of benzene rings is 4. The molecule has 0 unspecified atom stereocenters. The van der Waals surface area contributed by atoms with Crippen LogP contribution in [0, 0.1) is 17.7 Å². The number of anilines is 3. The first-order chi connectivity index (χ1) is 26.8. The molecular formula is C42H39ClFN7O4. The van der Waals surface area contributed by atoms with Gasteiger partial charge in [-0.15, -0.1) is 0 Å². The van der Waals surface area contributed by atoms with Gasteiger partial charge in [-0.05, 0) is 67.4 Å². The zero-order valence-corrected chi connectivity index (χ0v) is 31.1. The average Bonchev–Trinajstić information content (AvgIpc) is 3.34. The summed E-state index contributed by atoms with van der Waals surface area (Å²) in [6.45, 7) is 0.908. The number of nitrogens with zero attached hydrogens (tertiary/aromatic N) is 3. The van der Waals surface area contributed by atoms with Crippen LogP contribution in [0.5, 0.6) is 11.5 Å². The molecule has 5 aromatic rings. The molecule has 13 heteroatoms. The second-order valence-corrected chi connectivity index (χ2v) is 12.9. The van der Waals surface area contributed by atoms with E-state index in [4.69, 9.17) is 36.8 Å². The molecule has 0 atom stereocenters. The number of ether oxygens (including phenoxy) is 2. The van der Waals surface area contributed by atoms with Gasteiger partial charge in [0.05, 0.1) is 49.8 Å². The molecule has 1 aliphatic heterocycles. The van der Waals surface area contributed by atoms with Crippen LogP contribution in [0.25, 0.3) is 11.3 Å². The highest BCUT2D eigenvalue weighted by molar-refractivity contribution is 6.31. The number of carbonyl (C=O) groups excluding carboxylic acids is 2. The molecule has 6 rings (SSSR count). The third kappa shape index (κ3) is 9.45. The molecule has 2 heterocycles. The fourth-order valence-corrected chi connectivity index (χ4v) is 6.30. The minimum absolute atomic E-state index is 0.0821. The Bertz CT molecular complexity index is 2320. The first kappa shape index (κ1) is 38.4. The highest BCUT2D eigenvalue weighted by Gasteiger charge is 2.25. The van der Waals surface area contributed by atoms with Crippen LogP contribution >= 0.6 is 11.6 Å². The minimum atomic E-state index is -0.472. The van der Waals surface area contributed by atoms with Crippen molar-refractivity contribution in [3.8, 4) is 34.6 Å². The number of rotatable bonds is 13. The first-order valence-electron chi connectivity index (χ1n) is 17.6. The number of amides is 2. The summed E-state index contributed by atoms with van der Waals surface area (Å²) in [4.78, 5) is 39.6. The summed E-state index contributed by atoms with van der Waals surface area (Å²) in [6.07, 6.45) is 4.19. The third-order valence-electron chi connectivity index (χ3n) is 8.75. The molecule has 0 saturated heterocycles. The van der Waals surface area contributed by atoms with Crippen molar-refractivity contribution in [3.05, 3.63) is 124 Å². The van der Waals surface area contributed by atoms with Gasteiger partial charge in [-0.25, -0.2) is 14.4 Å². The van der Waals surface area contributed by atoms with Crippen molar-refractivity contribution in [3.63, 3.8) is 0 Å². The van der Waals surface area contributed by atoms with Crippen molar-refractivity contribution < 1.29 is 23.5 Å². The highest BCUT2D eigenvalue weighted by Crippen LogP contribution is 2.36. The molecule has 0 radical (unpaired) electrons. The Morgan fingerprint density at radius 2 is 1.76 bits per heavy atom. The Balaban J connectivity index is 1.06. The molecule has 0 aliphatic carbocycles. The minimum Gasteiger partial charge on any atom is -0.496 e. The number of nitrogens with two attached hydrogens (primary N) is 1. The SMILES string of the molecule is COc1cc(Nc2ncc3c(n2)-c2ccc(Cl)cc2C(c2c(F)cccc2OC)=NC3)ccc1C(=O)NCCCCCC(=O)Nc1cccc(C#CCN)c1. The molecule has 0 saturated carbocycles. The summed E-state index contributed by atoms with van der Waals surface area (Å²) >= 11 is 6.44. The normalized spacial score (nSPS) is 11.5. The van der Waals surface area contributed by atoms with Gasteiger partial charge in [0.2, 0.25) is 11.9 Å². The fraction of sp³-hybridized carbons (Fsp3) is 0.214. The maximum atomic E-state index is 15.3. The van der Waals surface area contributed by atoms with E-state index in [2.05, 4.69) is 32.8 Å². The molecule has 0 fully saturated rings. The van der Waals surface area contributed by atoms with Crippen LogP contribution < -0.4 is 31.2 Å². The van der Waals surface area contributed by atoms with Crippen LogP contribution in [0.1, 0.15) is 58.3 Å². The molecular weight excluding hydrogens is 721 g/mol. The van der Waals surface area contributed by atoms with Crippen LogP contribution in [0.15, 0.2) is 90.1 Å². The van der Waals surface area contributed by atoms with Crippen molar-refractivity contribution in [2.75, 3.05) is 37.9 Å². The zero-order valence-electron chi connectivity index (χ0n) is 30.3. The van der Waals surface area contributed by atoms with Gasteiger partial charge in [0.25, 0.3) is 5.91 Å². The van der Waals surface area contributed by atoms with Gasteiger partial charge >= 0.3 is 0 Å². The lowest BCUT2D eigenvalue weighted by molar-refractivity contribution is -0.116. The van der Waals surface area contributed by atoms with E-state index in [1.54, 1.807) is 48.7 Å². The van der Waals surface area contributed by atoms with Gasteiger partial charge in [0.15, 0.2) is 0 Å². The summed E-state index contributed by atoms with van der Waals surface area (Å²) in [6, 6.07) is 22.4. The lowest BCUT2D eigenvalue weighted by Crippen LogP contribution is -2.25. The fourth-order valence-electron chi connectivity index (χ4n) is 6.12. The second-order valence-electron chi connectivity index (χ2n) is 12.5. The topological polar surface area (TPSA) is 153 Å². The van der Waals surface area contributed by atoms with Crippen LogP contribution in [-0.4, -0.2) is 54.8 Å². The Labute approximate surface area is 323 Å². The molecule has 4 aromatic carbocycles. The van der Waals surface area contributed by atoms with Crippen LogP contribution in [0.2, 0.25) is 5.02 Å². The maximum Gasteiger partial charge on any atom is 0.255 e. The smallest absolute Gasteiger partial charge is 0.255 e. The quantitative estimate of drug-likeness (QED) is 0.0722. The number of aromatic nitrogens is 2. The molecule has 1 aromatic heterocycles. The molecule has 0 bridgehead atoms. The molecule has 1 aliphatic rings. The lowest BCUT2D eigenvalue weighted by atomic mass is 9.94. The third-order valence-corrected chi connectivity index (χ3v) is 8.98. The Morgan fingerprint density at radius 1 is 0.927 bits per heavy atom. The molecule has 11 nitrogen and oxygen atoms in total. The van der Waals surface area contributed by atoms with Gasteiger partial charge in [0, 0.05) is 63.9 Å². The Kier molecular flexibility index (Phi) is 12.7. The van der Waals surface area contributed by atoms with E-state index in [1.807, 2.05) is 30.3 Å². The van der Waals surface area contributed by atoms with E-state index in [1.165, 1.54) is 20.3 Å². The van der Waals surface area contributed by atoms with Crippen molar-refractivity contribution in [2.24, 2.45) is 10.7 Å². The summed E-state index contributed by atoms with van der Waals surface area (Å²) in [5.74, 6) is 5.93. The largest absolute Gasteiger partial charge is 0.496 e. The molecule has 5 N–H and O–H groups in total. The van der Waals surface area contributed by atoms with Crippen molar-refractivity contribution in [1.29, 1.82) is 0 Å². The predicted molar refractivity (Wildman–Crippen MR) is 213 cm³/mol. The highest BCUT2D eigenvalue weighted by atomic mass is 35.5. The average molecular weight is 760 g/mol. The number of hydrogen-bond acceptors (Lipinski definition) is 9. The van der Waals surface area contributed by atoms with E-state index < -0.39 is 5.82 Å². The van der Waals surface area contributed by atoms with E-state index in [0.29, 0.717) is 87.7 Å². The van der Waals surface area contributed by atoms with Gasteiger partial charge in [0.1, 0.15) is 17.3 Å². The first-order valence-corrected chi connectivity index (χ1v) is 18.0. The number of nitrogens with one attached hydrogen (secondary N) is 3. The molecule has 280 valence electrons. The zero-order chi connectivity index (χ0) is 38.7. The van der Waals surface area contributed by atoms with Gasteiger partial charge < -0.3 is 31.2 Å². The summed E-state index contributed by atoms with van der Waals surface area (Å²) < 4.78 is 26.3. The number of hydrogen-bond donors (Lipinski definition) is 4. The van der Waals surface area contributed by atoms with Crippen molar-refractivity contribution in [2.45, 2.75) is 32.2 Å². The van der Waals surface area contributed by atoms with Gasteiger partial charge in [-0.1, -0.05) is 48.1 Å². The van der Waals surface area contributed by atoms with Crippen molar-refractivity contribution >= 4 is 46.5 Å². The number of fused-ring (bicyclic) bond motifs is 3. The van der Waals surface area contributed by atoms with E-state index >= 15 is 4.39 Å². The summed E-state index contributed by atoms with van der Waals surface area (Å²) in [5.41, 5.74) is 11.2. The predicted octanol–water partition coefficient (Wildman–Crippen LogP) is 7.29. The summed E-state index contributed by atoms with van der Waals surface area (Å²) in [5, 5.41) is 9.50. The standard InChI is InChI=1S/C42H39ClFN7O4/c1-54-35-13-7-12-34(44)38(35)40-33-22-28(43)15-17-31(33)39-27(24-47-40)25-48-42(51-39)50-30-16-18-32(36(23-30)55-2)41(53)46-20-5-3-4-14-37(52)49-29-11-6-9-26(21-29)10-8-19-45/h6-7,9,11-13,15-18,21-23,25H,3-5,14,19-20,24,45H2,1-2H3,(H,46,53)(H,49,52)(H,48,50,51). The molecule has 55 heavy (non-hydrogen) atoms. The van der Waals surface area contributed by atoms with Crippen LogP contribution in [0.3, 0.4) is 0 Å². The van der Waals surface area contributed by atoms with Crippen molar-refractivity contribution in [1.82, 2.24) is 15.3 Å². The van der Waals surface area contributed by atoms with Crippen LogP contribution in [0.4, 0.5) is 21.7 Å². The molecule has 0 spiro atoms. The molecule has 2 amide bonds. The monoisotopic (exact) mass is 759 g/mol.